The van der Waals surface area contributed by atoms with Crippen LogP contribution >= 0.6 is 0 Å². The number of rotatable bonds is 6. The molecule has 0 saturated carbocycles. The molecule has 10 aromatic rings. The van der Waals surface area contributed by atoms with Gasteiger partial charge in [0.15, 0.2) is 17.5 Å². The Bertz CT molecular complexity index is 2930. The maximum absolute atomic E-state index is 6.07. The molecule has 0 bridgehead atoms. The first-order valence-electron chi connectivity index (χ1n) is 17.8. The zero-order chi connectivity index (χ0) is 35.1. The van der Waals surface area contributed by atoms with E-state index in [-0.39, 0.29) is 0 Å². The maximum atomic E-state index is 6.07. The van der Waals surface area contributed by atoms with Crippen LogP contribution in [0.1, 0.15) is 0 Å². The lowest BCUT2D eigenvalue weighted by Gasteiger charge is -2.11. The third-order valence-corrected chi connectivity index (χ3v) is 9.94. The quantitative estimate of drug-likeness (QED) is 0.176. The molecule has 53 heavy (non-hydrogen) atoms. The number of nitrogens with zero attached hydrogens (tertiary/aromatic N) is 3. The molecule has 0 aliphatic heterocycles. The summed E-state index contributed by atoms with van der Waals surface area (Å²) in [6.45, 7) is 0. The number of fused-ring (bicyclic) bond motifs is 4. The molecule has 10 rings (SSSR count). The third kappa shape index (κ3) is 5.82. The summed E-state index contributed by atoms with van der Waals surface area (Å²) in [6, 6.07) is 65.3. The first-order chi connectivity index (χ1) is 26.2. The van der Waals surface area contributed by atoms with Crippen LogP contribution in [0.3, 0.4) is 0 Å². The average molecular weight is 678 g/mol. The molecule has 2 heterocycles. The van der Waals surface area contributed by atoms with Crippen molar-refractivity contribution in [1.29, 1.82) is 0 Å². The van der Waals surface area contributed by atoms with Gasteiger partial charge in [0.25, 0.3) is 0 Å². The Morgan fingerprint density at radius 1 is 0.264 bits per heavy atom. The van der Waals surface area contributed by atoms with E-state index in [1.54, 1.807) is 0 Å². The molecule has 2 aromatic heterocycles. The van der Waals surface area contributed by atoms with Gasteiger partial charge >= 0.3 is 0 Å². The van der Waals surface area contributed by atoms with Crippen LogP contribution in [-0.4, -0.2) is 15.0 Å². The van der Waals surface area contributed by atoms with Gasteiger partial charge in [-0.05, 0) is 74.5 Å². The molecule has 0 unspecified atom stereocenters. The number of hydrogen-bond donors (Lipinski definition) is 0. The highest BCUT2D eigenvalue weighted by molar-refractivity contribution is 6.06. The summed E-state index contributed by atoms with van der Waals surface area (Å²) in [5, 5.41) is 4.68. The minimum atomic E-state index is 0.622. The summed E-state index contributed by atoms with van der Waals surface area (Å²) >= 11 is 0. The fraction of sp³-hybridized carbons (Fsp3) is 0. The second-order valence-electron chi connectivity index (χ2n) is 13.3. The van der Waals surface area contributed by atoms with Crippen LogP contribution in [0, 0.1) is 0 Å². The van der Waals surface area contributed by atoms with E-state index in [0.717, 1.165) is 66.4 Å². The molecule has 0 spiro atoms. The van der Waals surface area contributed by atoms with Gasteiger partial charge in [-0.25, -0.2) is 15.0 Å². The van der Waals surface area contributed by atoms with Gasteiger partial charge in [-0.1, -0.05) is 158 Å². The van der Waals surface area contributed by atoms with E-state index in [1.807, 2.05) is 24.3 Å². The maximum Gasteiger partial charge on any atom is 0.164 e. The van der Waals surface area contributed by atoms with Crippen molar-refractivity contribution < 1.29 is 4.42 Å². The minimum Gasteiger partial charge on any atom is -0.456 e. The smallest absolute Gasteiger partial charge is 0.164 e. The van der Waals surface area contributed by atoms with Crippen LogP contribution in [0.15, 0.2) is 192 Å². The Kier molecular flexibility index (Phi) is 7.43. The van der Waals surface area contributed by atoms with Crippen LogP contribution in [0.2, 0.25) is 0 Å². The Hall–Kier alpha value is -7.17. The fourth-order valence-electron chi connectivity index (χ4n) is 7.13. The zero-order valence-electron chi connectivity index (χ0n) is 28.6. The molecule has 8 aromatic carbocycles. The van der Waals surface area contributed by atoms with Crippen molar-refractivity contribution >= 4 is 32.7 Å². The second-order valence-corrected chi connectivity index (χ2v) is 13.3. The predicted octanol–water partition coefficient (Wildman–Crippen LogP) is 12.9. The van der Waals surface area contributed by atoms with E-state index in [2.05, 4.69) is 164 Å². The lowest BCUT2D eigenvalue weighted by atomic mass is 10.00. The lowest BCUT2D eigenvalue weighted by Crippen LogP contribution is -2.00. The van der Waals surface area contributed by atoms with Gasteiger partial charge in [0.1, 0.15) is 11.2 Å². The Morgan fingerprint density at radius 3 is 1.47 bits per heavy atom. The molecule has 0 amide bonds. The van der Waals surface area contributed by atoms with Crippen molar-refractivity contribution in [1.82, 2.24) is 15.0 Å². The number of benzene rings is 8. The van der Waals surface area contributed by atoms with Crippen molar-refractivity contribution in [3.05, 3.63) is 188 Å². The van der Waals surface area contributed by atoms with Gasteiger partial charge in [-0.3, -0.25) is 0 Å². The molecule has 248 valence electrons. The molecule has 0 fully saturated rings. The first kappa shape index (κ1) is 30.6. The van der Waals surface area contributed by atoms with E-state index >= 15 is 0 Å². The van der Waals surface area contributed by atoms with Crippen molar-refractivity contribution in [3.8, 4) is 67.5 Å². The van der Waals surface area contributed by atoms with Gasteiger partial charge in [0, 0.05) is 27.5 Å². The van der Waals surface area contributed by atoms with E-state index in [4.69, 9.17) is 19.4 Å². The zero-order valence-corrected chi connectivity index (χ0v) is 28.6. The van der Waals surface area contributed by atoms with Crippen LogP contribution in [0.5, 0.6) is 0 Å². The molecule has 0 aliphatic rings. The van der Waals surface area contributed by atoms with Crippen LogP contribution in [-0.2, 0) is 0 Å². The van der Waals surface area contributed by atoms with Crippen LogP contribution in [0.4, 0.5) is 0 Å². The van der Waals surface area contributed by atoms with Gasteiger partial charge in [-0.15, -0.1) is 0 Å². The molecular formula is C49H31N3O. The SMILES string of the molecule is c1ccc(-c2cccc(-c3nc(-c4ccc(-c5ccc6ccccc6c5)cc4)nc(-c4ccc(-c5ccc6oc7ccccc7c6c5)cc4)n3)c2)cc1. The lowest BCUT2D eigenvalue weighted by molar-refractivity contribution is 0.669. The average Bonchev–Trinajstić information content (AvgIpc) is 3.62. The third-order valence-electron chi connectivity index (χ3n) is 9.94. The van der Waals surface area contributed by atoms with Crippen LogP contribution < -0.4 is 0 Å². The Labute approximate surface area is 306 Å². The van der Waals surface area contributed by atoms with E-state index < -0.39 is 0 Å². The topological polar surface area (TPSA) is 51.8 Å². The summed E-state index contributed by atoms with van der Waals surface area (Å²) in [6.07, 6.45) is 0. The normalized spacial score (nSPS) is 11.4. The molecule has 4 heteroatoms. The fourth-order valence-corrected chi connectivity index (χ4v) is 7.13. The summed E-state index contributed by atoms with van der Waals surface area (Å²) < 4.78 is 6.07. The van der Waals surface area contributed by atoms with E-state index in [1.165, 1.54) is 16.3 Å². The second kappa shape index (κ2) is 12.9. The standard InChI is InChI=1S/C49H31N3O/c1-2-9-32(10-3-1)39-13-8-14-42(30-39)49-51-47(36-22-17-34(18-23-36)40-26-21-33-11-4-5-12-38(33)29-40)50-48(52-49)37-24-19-35(20-25-37)41-27-28-46-44(31-41)43-15-6-7-16-45(43)53-46/h1-31H. The summed E-state index contributed by atoms with van der Waals surface area (Å²) in [5.74, 6) is 1.88. The van der Waals surface area contributed by atoms with Crippen molar-refractivity contribution in [2.75, 3.05) is 0 Å². The molecule has 0 atom stereocenters. The predicted molar refractivity (Wildman–Crippen MR) is 217 cm³/mol. The van der Waals surface area contributed by atoms with Gasteiger partial charge < -0.3 is 4.42 Å². The summed E-state index contributed by atoms with van der Waals surface area (Å²) in [7, 11) is 0. The van der Waals surface area contributed by atoms with Crippen LogP contribution in [0.25, 0.3) is 100 Å². The molecule has 0 radical (unpaired) electrons. The molecule has 4 nitrogen and oxygen atoms in total. The molecule has 0 N–H and O–H groups in total. The number of hydrogen-bond acceptors (Lipinski definition) is 4. The van der Waals surface area contributed by atoms with Crippen molar-refractivity contribution in [2.45, 2.75) is 0 Å². The highest BCUT2D eigenvalue weighted by Gasteiger charge is 2.15. The highest BCUT2D eigenvalue weighted by Crippen LogP contribution is 2.34. The molecular weight excluding hydrogens is 647 g/mol. The minimum absolute atomic E-state index is 0.622. The van der Waals surface area contributed by atoms with Gasteiger partial charge in [-0.2, -0.15) is 0 Å². The van der Waals surface area contributed by atoms with E-state index in [9.17, 15) is 0 Å². The highest BCUT2D eigenvalue weighted by atomic mass is 16.3. The van der Waals surface area contributed by atoms with Gasteiger partial charge in [0.2, 0.25) is 0 Å². The van der Waals surface area contributed by atoms with E-state index in [0.29, 0.717) is 17.5 Å². The molecule has 0 aliphatic carbocycles. The number of para-hydroxylation sites is 1. The Balaban J connectivity index is 1.04. The monoisotopic (exact) mass is 677 g/mol. The summed E-state index contributed by atoms with van der Waals surface area (Å²) in [4.78, 5) is 15.2. The van der Waals surface area contributed by atoms with Gasteiger partial charge in [0.05, 0.1) is 0 Å². The number of aromatic nitrogens is 3. The molecule has 0 saturated heterocycles. The van der Waals surface area contributed by atoms with Crippen molar-refractivity contribution in [2.24, 2.45) is 0 Å². The van der Waals surface area contributed by atoms with Crippen molar-refractivity contribution in [3.63, 3.8) is 0 Å². The summed E-state index contributed by atoms with van der Waals surface area (Å²) in [5.41, 5.74) is 11.4. The largest absolute Gasteiger partial charge is 0.456 e. The first-order valence-corrected chi connectivity index (χ1v) is 17.8. The Morgan fingerprint density at radius 2 is 0.736 bits per heavy atom. The number of furan rings is 1.